The molecule has 0 unspecified atom stereocenters. The number of nitrogens with one attached hydrogen (secondary N) is 4. The van der Waals surface area contributed by atoms with E-state index in [9.17, 15) is 0 Å². The Morgan fingerprint density at radius 1 is 0.307 bits per heavy atom. The van der Waals surface area contributed by atoms with Crippen LogP contribution in [-0.2, 0) is 6.42 Å². The van der Waals surface area contributed by atoms with Crippen molar-refractivity contribution in [2.24, 2.45) is 0 Å². The minimum atomic E-state index is 0.539. The van der Waals surface area contributed by atoms with Gasteiger partial charge in [0.15, 0.2) is 0 Å². The lowest BCUT2D eigenvalue weighted by Crippen LogP contribution is -1.94. The molecule has 0 amide bonds. The van der Waals surface area contributed by atoms with Gasteiger partial charge in [-0.15, -0.1) is 0 Å². The fraction of sp³-hybridized carbons (Fsp3) is 0.271. The number of aromatic amines is 4. The lowest BCUT2D eigenvalue weighted by atomic mass is 9.91. The molecule has 0 radical (unpaired) electrons. The van der Waals surface area contributed by atoms with Crippen LogP contribution in [0.15, 0.2) is 182 Å². The highest BCUT2D eigenvalue weighted by Crippen LogP contribution is 2.48. The van der Waals surface area contributed by atoms with E-state index in [-0.39, 0.29) is 0 Å². The second kappa shape index (κ2) is 29.8. The van der Waals surface area contributed by atoms with Crippen LogP contribution in [0.25, 0.3) is 133 Å². The number of H-pyrrole nitrogens is 4. The van der Waals surface area contributed by atoms with Crippen LogP contribution >= 0.6 is 0 Å². The fourth-order valence-corrected chi connectivity index (χ4v) is 16.6. The van der Waals surface area contributed by atoms with Gasteiger partial charge >= 0.3 is 0 Å². The van der Waals surface area contributed by atoms with Crippen molar-refractivity contribution < 1.29 is 27.6 Å². The van der Waals surface area contributed by atoms with Gasteiger partial charge in [0, 0.05) is 74.2 Å². The maximum Gasteiger partial charge on any atom is 0.141 e. The first-order valence-corrected chi connectivity index (χ1v) is 39.7. The summed E-state index contributed by atoms with van der Waals surface area (Å²) in [5.74, 6) is 11.5. The Balaban J connectivity index is 0.000000106. The van der Waals surface area contributed by atoms with Crippen LogP contribution in [-0.4, -0.2) is 74.7 Å². The van der Waals surface area contributed by atoms with E-state index >= 15 is 0 Å². The molecule has 8 heterocycles. The Kier molecular flexibility index (Phi) is 19.0. The molecule has 4 aliphatic rings. The molecule has 0 bridgehead atoms. The van der Waals surface area contributed by atoms with Gasteiger partial charge in [-0.25, -0.2) is 19.9 Å². The van der Waals surface area contributed by atoms with Crippen molar-refractivity contribution in [2.45, 2.75) is 158 Å². The summed E-state index contributed by atoms with van der Waals surface area (Å²) in [6.07, 6.45) is 10.6. The highest BCUT2D eigenvalue weighted by atomic mass is 16.5. The van der Waals surface area contributed by atoms with Crippen molar-refractivity contribution in [3.05, 3.63) is 261 Å². The van der Waals surface area contributed by atoms with Gasteiger partial charge in [-0.05, 0) is 267 Å². The molecule has 17 aromatic rings. The van der Waals surface area contributed by atoms with E-state index in [0.29, 0.717) is 23.7 Å². The lowest BCUT2D eigenvalue weighted by molar-refractivity contribution is 0.393. The topological polar surface area (TPSA) is 237 Å². The Morgan fingerprint density at radius 3 is 1.02 bits per heavy atom. The van der Waals surface area contributed by atoms with Gasteiger partial charge in [-0.2, -0.15) is 0 Å². The Morgan fingerprint density at radius 2 is 0.640 bits per heavy atom. The lowest BCUT2D eigenvalue weighted by Gasteiger charge is -2.12. The number of hydrogen-bond acceptors (Lipinski definition) is 14. The molecule has 0 spiro atoms. The molecule has 4 saturated carbocycles. The molecule has 0 saturated heterocycles. The zero-order valence-corrected chi connectivity index (χ0v) is 66.8. The largest absolute Gasteiger partial charge is 0.497 e. The van der Waals surface area contributed by atoms with Gasteiger partial charge in [0.1, 0.15) is 57.8 Å². The van der Waals surface area contributed by atoms with E-state index in [2.05, 4.69) is 207 Å². The number of methoxy groups -OCH3 is 2. The summed E-state index contributed by atoms with van der Waals surface area (Å²) < 4.78 is 32.7. The van der Waals surface area contributed by atoms with E-state index in [1.165, 1.54) is 107 Å². The molecule has 4 N–H and O–H groups in total. The summed E-state index contributed by atoms with van der Waals surface area (Å²) >= 11 is 0. The minimum Gasteiger partial charge on any atom is -0.497 e. The third-order valence-electron chi connectivity index (χ3n) is 23.0. The molecule has 114 heavy (non-hydrogen) atoms. The Labute approximate surface area is 661 Å². The van der Waals surface area contributed by atoms with Gasteiger partial charge in [-0.3, -0.25) is 0 Å². The number of aromatic nitrogens is 12. The normalized spacial score (nSPS) is 14.0. The summed E-state index contributed by atoms with van der Waals surface area (Å²) in [5.41, 5.74) is 36.3. The molecule has 4 aliphatic carbocycles. The second-order valence-corrected chi connectivity index (χ2v) is 31.6. The molecule has 9 aromatic carbocycles. The summed E-state index contributed by atoms with van der Waals surface area (Å²) in [6.45, 7) is 22.3. The van der Waals surface area contributed by atoms with Gasteiger partial charge in [0.25, 0.3) is 0 Å². The van der Waals surface area contributed by atoms with Crippen molar-refractivity contribution in [1.82, 2.24) is 60.5 Å². The van der Waals surface area contributed by atoms with Crippen molar-refractivity contribution in [1.29, 1.82) is 0 Å². The monoisotopic (exact) mass is 1510 g/mol. The number of ether oxygens (including phenoxy) is 2. The van der Waals surface area contributed by atoms with Crippen LogP contribution in [0.4, 0.5) is 0 Å². The second-order valence-electron chi connectivity index (χ2n) is 31.6. The quantitative estimate of drug-likeness (QED) is 0.0704. The summed E-state index contributed by atoms with van der Waals surface area (Å²) in [4.78, 5) is 34.3. The van der Waals surface area contributed by atoms with Crippen LogP contribution in [0, 0.1) is 76.2 Å². The first-order valence-electron chi connectivity index (χ1n) is 39.7. The average Bonchev–Trinajstić information content (AvgIpc) is 1.59. The predicted molar refractivity (Wildman–Crippen MR) is 450 cm³/mol. The molecule has 18 nitrogen and oxygen atoms in total. The fourth-order valence-electron chi connectivity index (χ4n) is 16.6. The van der Waals surface area contributed by atoms with Gasteiger partial charge < -0.3 is 47.5 Å². The van der Waals surface area contributed by atoms with Gasteiger partial charge in [0.2, 0.25) is 0 Å². The molecule has 21 rings (SSSR count). The van der Waals surface area contributed by atoms with Crippen LogP contribution in [0.2, 0.25) is 0 Å². The third kappa shape index (κ3) is 14.3. The Hall–Kier alpha value is -12.7. The molecule has 0 atom stereocenters. The predicted octanol–water partition coefficient (Wildman–Crippen LogP) is 24.0. The highest BCUT2D eigenvalue weighted by Gasteiger charge is 2.33. The van der Waals surface area contributed by atoms with E-state index < -0.39 is 0 Å². The van der Waals surface area contributed by atoms with Crippen molar-refractivity contribution >= 4 is 44.1 Å². The highest BCUT2D eigenvalue weighted by molar-refractivity contribution is 6.01. The van der Waals surface area contributed by atoms with Crippen LogP contribution in [0.5, 0.6) is 11.5 Å². The molecule has 18 heteroatoms. The zero-order chi connectivity index (χ0) is 78.3. The Bertz CT molecular complexity index is 6390. The smallest absolute Gasteiger partial charge is 0.141 e. The van der Waals surface area contributed by atoms with E-state index in [1.54, 1.807) is 14.2 Å². The molecular weight excluding hydrogens is 1420 g/mol. The van der Waals surface area contributed by atoms with Crippen LogP contribution in [0.1, 0.15) is 172 Å². The van der Waals surface area contributed by atoms with Gasteiger partial charge in [0.05, 0.1) is 81.1 Å². The van der Waals surface area contributed by atoms with Crippen LogP contribution in [0.3, 0.4) is 0 Å². The first kappa shape index (κ1) is 72.8. The molecule has 4 fully saturated rings. The third-order valence-corrected chi connectivity index (χ3v) is 23.0. The number of benzene rings is 9. The van der Waals surface area contributed by atoms with Crippen LogP contribution < -0.4 is 9.47 Å². The number of nitrogens with zero attached hydrogens (tertiary/aromatic N) is 8. The summed E-state index contributed by atoms with van der Waals surface area (Å²) in [6, 6.07) is 57.8. The number of aryl methyl sites for hydroxylation is 11. The van der Waals surface area contributed by atoms with Crippen molar-refractivity contribution in [2.75, 3.05) is 14.2 Å². The molecule has 8 aromatic heterocycles. The number of fused-ring (bicyclic) bond motifs is 4. The van der Waals surface area contributed by atoms with E-state index in [0.717, 1.165) is 192 Å². The minimum absolute atomic E-state index is 0.539. The number of hydrogen-bond donors (Lipinski definition) is 4. The zero-order valence-electron chi connectivity index (χ0n) is 66.8. The number of rotatable bonds is 16. The maximum absolute atomic E-state index is 5.49. The molecule has 0 aliphatic heterocycles. The molecule has 572 valence electrons. The van der Waals surface area contributed by atoms with Gasteiger partial charge in [-0.1, -0.05) is 118 Å². The van der Waals surface area contributed by atoms with E-state index in [4.69, 9.17) is 47.5 Å². The maximum atomic E-state index is 5.49. The van der Waals surface area contributed by atoms with Crippen molar-refractivity contribution in [3.63, 3.8) is 0 Å². The summed E-state index contributed by atoms with van der Waals surface area (Å²) in [7, 11) is 3.32. The number of imidazole rings is 4. The molecular formula is C96H92N12O6. The standard InChI is InChI=1S/C28H25N3O.C23H23N3O3.C23H23N3O.C22H21N3O/c1-17-26(18(2)32-31-17)22-15-24(27-25(16-22)29-28(30-27)20-12-13-20)23-11-7-6-10-21(23)14-19-8-4-3-5-9-19;1-12-21(13(2)29-26-12)16-9-19(15-7-17(27-3)11-18(8-15)28-4)22-20(10-16)24-23(25-22)14-5-6-14;1-12-6-5-7-13(2)20(12)18-10-17(21-14(3)26-27-15(21)4)11-19-22(18)25-23(24-19)16-8-9-16;1-12-6-4-5-7-17(12)18-10-16(20-13(2)25-26-14(20)3)11-19-21(18)24-22(23-19)15-8-9-15/h3-11,15-16,20H,12-14H2,1-2H3,(H,29,30);7-11,14H,5-6H2,1-4H3,(H,24,25);5-7,10-11,16H,8-9H2,1-4H3,(H,24,25);4-7,10-11,15H,8-9H2,1-3H3,(H,23,24). The SMILES string of the molecule is COc1cc(OC)cc(-c2cc(-c3c(C)noc3C)cc3[nH]c(C4CC4)nc23)c1.Cc1cccc(C)c1-c1cc(-c2c(C)noc2C)cc2[nH]c(C3CC3)nc12.Cc1ccccc1-c1cc(-c2c(C)noc2C)cc2[nH]c(C3CC3)nc12.Cc1noc(C)c1-c1cc(-c2ccccc2Cc2ccccc2)c2nc(C3CC3)[nH]c2c1. The van der Waals surface area contributed by atoms with Crippen molar-refractivity contribution in [3.8, 4) is 101 Å². The first-order chi connectivity index (χ1) is 55.4. The van der Waals surface area contributed by atoms with E-state index in [1.807, 2.05) is 73.6 Å². The summed E-state index contributed by atoms with van der Waals surface area (Å²) in [5, 5.41) is 16.6. The average molecular weight is 1510 g/mol.